The molecule has 2 aromatic rings. The third-order valence-electron chi connectivity index (χ3n) is 2.24. The molecule has 0 radical (unpaired) electrons. The predicted molar refractivity (Wildman–Crippen MR) is 80.5 cm³/mol. The Morgan fingerprint density at radius 2 is 1.43 bits per heavy atom. The zero-order valence-corrected chi connectivity index (χ0v) is 13.6. The first-order valence-corrected chi connectivity index (χ1v) is 7.65. The molecule has 2 rings (SSSR count). The van der Waals surface area contributed by atoms with Gasteiger partial charge in [0, 0.05) is 5.41 Å². The summed E-state index contributed by atoms with van der Waals surface area (Å²) in [5.41, 5.74) is -0.160. The van der Waals surface area contributed by atoms with Gasteiger partial charge in [-0.05, 0) is 6.92 Å². The van der Waals surface area contributed by atoms with E-state index in [1.807, 2.05) is 20.8 Å². The summed E-state index contributed by atoms with van der Waals surface area (Å²) in [5.74, 6) is -1.64. The third kappa shape index (κ3) is 4.02. The van der Waals surface area contributed by atoms with E-state index in [0.717, 1.165) is 5.01 Å². The van der Waals surface area contributed by atoms with E-state index in [1.165, 1.54) is 22.7 Å². The van der Waals surface area contributed by atoms with Crippen LogP contribution >= 0.6 is 22.7 Å². The molecule has 0 unspecified atom stereocenters. The normalized spacial score (nSPS) is 11.2. The van der Waals surface area contributed by atoms with Crippen LogP contribution in [0.15, 0.2) is 0 Å². The van der Waals surface area contributed by atoms with E-state index >= 15 is 0 Å². The molecule has 112 valence electrons. The maximum Gasteiger partial charge on any atom is 0.315 e. The minimum absolute atomic E-state index is 0.160. The highest BCUT2D eigenvalue weighted by Crippen LogP contribution is 2.27. The fourth-order valence-electron chi connectivity index (χ4n) is 1.23. The van der Waals surface area contributed by atoms with Gasteiger partial charge in [0.05, 0.1) is 0 Å². The van der Waals surface area contributed by atoms with Crippen molar-refractivity contribution in [3.05, 3.63) is 10.0 Å². The van der Waals surface area contributed by atoms with Crippen LogP contribution in [0, 0.1) is 6.92 Å². The van der Waals surface area contributed by atoms with Crippen molar-refractivity contribution >= 4 is 44.8 Å². The average Bonchev–Trinajstić information content (AvgIpc) is 2.98. The van der Waals surface area contributed by atoms with Gasteiger partial charge in [0.15, 0.2) is 0 Å². The largest absolute Gasteiger partial charge is 0.315 e. The molecule has 0 saturated carbocycles. The first-order valence-electron chi connectivity index (χ1n) is 6.02. The fourth-order valence-corrected chi connectivity index (χ4v) is 2.61. The lowest BCUT2D eigenvalue weighted by Gasteiger charge is -2.12. The summed E-state index contributed by atoms with van der Waals surface area (Å²) < 4.78 is 0. The van der Waals surface area contributed by atoms with Gasteiger partial charge >= 0.3 is 11.8 Å². The second kappa shape index (κ2) is 5.82. The molecule has 2 heterocycles. The lowest BCUT2D eigenvalue weighted by Crippen LogP contribution is -2.29. The van der Waals surface area contributed by atoms with Crippen molar-refractivity contribution in [1.82, 2.24) is 20.4 Å². The molecule has 0 spiro atoms. The van der Waals surface area contributed by atoms with E-state index in [-0.39, 0.29) is 15.7 Å². The Morgan fingerprint density at radius 3 is 1.86 bits per heavy atom. The van der Waals surface area contributed by atoms with Crippen molar-refractivity contribution in [2.24, 2.45) is 0 Å². The number of hydrogen-bond donors (Lipinski definition) is 2. The number of nitrogens with zero attached hydrogens (tertiary/aromatic N) is 4. The van der Waals surface area contributed by atoms with Gasteiger partial charge in [-0.25, -0.2) is 0 Å². The minimum Gasteiger partial charge on any atom is -0.292 e. The van der Waals surface area contributed by atoms with E-state index in [2.05, 4.69) is 31.0 Å². The first kappa shape index (κ1) is 15.4. The lowest BCUT2D eigenvalue weighted by atomic mass is 9.98. The molecule has 0 bridgehead atoms. The monoisotopic (exact) mass is 326 g/mol. The van der Waals surface area contributed by atoms with Crippen LogP contribution in [-0.4, -0.2) is 32.2 Å². The predicted octanol–water partition coefficient (Wildman–Crippen LogP) is 1.57. The van der Waals surface area contributed by atoms with E-state index < -0.39 is 11.8 Å². The van der Waals surface area contributed by atoms with Crippen molar-refractivity contribution in [1.29, 1.82) is 0 Å². The maximum atomic E-state index is 11.8. The van der Waals surface area contributed by atoms with Crippen LogP contribution in [0.5, 0.6) is 0 Å². The highest BCUT2D eigenvalue weighted by atomic mass is 32.1. The van der Waals surface area contributed by atoms with Crippen molar-refractivity contribution < 1.29 is 9.59 Å². The molecular weight excluding hydrogens is 312 g/mol. The van der Waals surface area contributed by atoms with E-state index in [0.29, 0.717) is 5.01 Å². The molecule has 0 aliphatic carbocycles. The second-order valence-electron chi connectivity index (χ2n) is 5.20. The van der Waals surface area contributed by atoms with Gasteiger partial charge in [-0.2, -0.15) is 0 Å². The van der Waals surface area contributed by atoms with Gasteiger partial charge in [-0.1, -0.05) is 43.4 Å². The number of carbonyl (C=O) groups excluding carboxylic acids is 2. The van der Waals surface area contributed by atoms with Crippen LogP contribution in [0.25, 0.3) is 0 Å². The molecular formula is C11H14N6O2S2. The van der Waals surface area contributed by atoms with Gasteiger partial charge in [0.2, 0.25) is 10.3 Å². The summed E-state index contributed by atoms with van der Waals surface area (Å²) in [6, 6.07) is 0. The molecule has 0 aromatic carbocycles. The minimum atomic E-state index is -0.821. The molecule has 0 aliphatic heterocycles. The summed E-state index contributed by atoms with van der Waals surface area (Å²) in [4.78, 5) is 23.5. The summed E-state index contributed by atoms with van der Waals surface area (Å²) in [5, 5.41) is 22.1. The highest BCUT2D eigenvalue weighted by Gasteiger charge is 2.22. The summed E-state index contributed by atoms with van der Waals surface area (Å²) >= 11 is 2.42. The zero-order valence-electron chi connectivity index (χ0n) is 11.9. The Labute approximate surface area is 129 Å². The topological polar surface area (TPSA) is 110 Å². The Morgan fingerprint density at radius 1 is 0.905 bits per heavy atom. The van der Waals surface area contributed by atoms with Crippen molar-refractivity contribution in [2.75, 3.05) is 10.6 Å². The number of amides is 2. The second-order valence-corrected chi connectivity index (χ2v) is 7.36. The Bertz CT molecular complexity index is 672. The van der Waals surface area contributed by atoms with Crippen molar-refractivity contribution in [3.63, 3.8) is 0 Å². The maximum absolute atomic E-state index is 11.8. The third-order valence-corrected chi connectivity index (χ3v) is 4.26. The van der Waals surface area contributed by atoms with Crippen molar-refractivity contribution in [3.8, 4) is 0 Å². The summed E-state index contributed by atoms with van der Waals surface area (Å²) in [6.07, 6.45) is 0. The van der Waals surface area contributed by atoms with Gasteiger partial charge < -0.3 is 0 Å². The standard InChI is InChI=1S/C11H14N6O2S2/c1-5-14-16-9(20-5)12-6(18)7(19)13-10-17-15-8(21-10)11(2,3)4/h1-4H3,(H,12,16,18)(H,13,17,19). The molecule has 2 aromatic heterocycles. The Hall–Kier alpha value is -1.94. The van der Waals surface area contributed by atoms with E-state index in [1.54, 1.807) is 6.92 Å². The number of hydrogen-bond acceptors (Lipinski definition) is 8. The van der Waals surface area contributed by atoms with Crippen LogP contribution in [0.3, 0.4) is 0 Å². The van der Waals surface area contributed by atoms with E-state index in [9.17, 15) is 9.59 Å². The van der Waals surface area contributed by atoms with Gasteiger partial charge in [0.25, 0.3) is 0 Å². The number of aromatic nitrogens is 4. The van der Waals surface area contributed by atoms with E-state index in [4.69, 9.17) is 0 Å². The van der Waals surface area contributed by atoms with Crippen LogP contribution in [0.2, 0.25) is 0 Å². The summed E-state index contributed by atoms with van der Waals surface area (Å²) in [6.45, 7) is 7.72. The molecule has 10 heteroatoms. The van der Waals surface area contributed by atoms with Crippen LogP contribution < -0.4 is 10.6 Å². The number of anilines is 2. The fraction of sp³-hybridized carbons (Fsp3) is 0.455. The Balaban J connectivity index is 1.97. The smallest absolute Gasteiger partial charge is 0.292 e. The first-order chi connectivity index (χ1) is 9.75. The molecule has 0 saturated heterocycles. The highest BCUT2D eigenvalue weighted by molar-refractivity contribution is 7.16. The zero-order chi connectivity index (χ0) is 15.6. The molecule has 2 amide bonds. The number of rotatable bonds is 2. The van der Waals surface area contributed by atoms with Crippen LogP contribution in [-0.2, 0) is 15.0 Å². The molecule has 8 nitrogen and oxygen atoms in total. The lowest BCUT2D eigenvalue weighted by molar-refractivity contribution is -0.133. The average molecular weight is 326 g/mol. The molecule has 2 N–H and O–H groups in total. The van der Waals surface area contributed by atoms with Gasteiger partial charge in [-0.3, -0.25) is 20.2 Å². The van der Waals surface area contributed by atoms with Gasteiger partial charge in [0.1, 0.15) is 10.0 Å². The molecule has 0 atom stereocenters. The molecule has 21 heavy (non-hydrogen) atoms. The number of nitrogens with one attached hydrogen (secondary N) is 2. The quantitative estimate of drug-likeness (QED) is 0.811. The van der Waals surface area contributed by atoms with Crippen LogP contribution in [0.4, 0.5) is 10.3 Å². The number of aryl methyl sites for hydroxylation is 1. The van der Waals surface area contributed by atoms with Gasteiger partial charge in [-0.15, -0.1) is 20.4 Å². The SMILES string of the molecule is Cc1nnc(NC(=O)C(=O)Nc2nnc(C(C)(C)C)s2)s1. The molecule has 0 fully saturated rings. The molecule has 0 aliphatic rings. The summed E-state index contributed by atoms with van der Waals surface area (Å²) in [7, 11) is 0. The Kier molecular flexibility index (Phi) is 4.28. The van der Waals surface area contributed by atoms with Crippen LogP contribution in [0.1, 0.15) is 30.8 Å². The number of carbonyl (C=O) groups is 2. The van der Waals surface area contributed by atoms with Crippen molar-refractivity contribution in [2.45, 2.75) is 33.1 Å².